The summed E-state index contributed by atoms with van der Waals surface area (Å²) < 4.78 is 5.70. The largest absolute Gasteiger partial charge is 0.435 e. The van der Waals surface area contributed by atoms with Crippen molar-refractivity contribution in [1.29, 1.82) is 0 Å². The summed E-state index contributed by atoms with van der Waals surface area (Å²) in [7, 11) is 0. The van der Waals surface area contributed by atoms with E-state index in [1.54, 1.807) is 31.2 Å². The number of pyridine rings is 1. The molecule has 30 heavy (non-hydrogen) atoms. The number of aromatic nitrogens is 1. The molecule has 1 aromatic heterocycles. The van der Waals surface area contributed by atoms with E-state index in [1.807, 2.05) is 0 Å². The predicted octanol–water partition coefficient (Wildman–Crippen LogP) is 3.84. The average Bonchev–Trinajstić information content (AvgIpc) is 3.52. The summed E-state index contributed by atoms with van der Waals surface area (Å²) in [5.41, 5.74) is -0.595. The van der Waals surface area contributed by atoms with Crippen molar-refractivity contribution in [1.82, 2.24) is 15.2 Å². The molecule has 0 bridgehead atoms. The Morgan fingerprint density at radius 3 is 2.77 bits per heavy atom. The number of anilines is 1. The topological polar surface area (TPSA) is 101 Å². The maximum Gasteiger partial charge on any atom is 0.325 e. The number of hydrogen-bond acceptors (Lipinski definition) is 5. The number of halogens is 2. The van der Waals surface area contributed by atoms with Gasteiger partial charge in [-0.2, -0.15) is 0 Å². The summed E-state index contributed by atoms with van der Waals surface area (Å²) in [6.07, 6.45) is 3.15. The van der Waals surface area contributed by atoms with E-state index in [4.69, 9.17) is 27.9 Å². The summed E-state index contributed by atoms with van der Waals surface area (Å²) in [6, 6.07) is 7.59. The molecule has 1 aliphatic carbocycles. The Bertz CT molecular complexity index is 1040. The van der Waals surface area contributed by atoms with Crippen molar-refractivity contribution >= 4 is 46.7 Å². The van der Waals surface area contributed by atoms with Gasteiger partial charge in [-0.15, -0.1) is 0 Å². The molecule has 2 aliphatic rings. The number of benzene rings is 1. The molecular formula is C20H18Cl2N4O4. The quantitative estimate of drug-likeness (QED) is 0.653. The van der Waals surface area contributed by atoms with Crippen LogP contribution in [0.1, 0.15) is 19.8 Å². The SMILES string of the molecule is CC1(C2CC2)NC(=O)N(CC(=O)Nc2ccccc2Oc2ncc(Cl)cc2Cl)C1=O. The van der Waals surface area contributed by atoms with E-state index in [2.05, 4.69) is 15.6 Å². The van der Waals surface area contributed by atoms with Gasteiger partial charge in [0, 0.05) is 6.20 Å². The molecule has 2 fully saturated rings. The second-order valence-corrected chi connectivity index (χ2v) is 8.23. The van der Waals surface area contributed by atoms with Crippen LogP contribution < -0.4 is 15.4 Å². The van der Waals surface area contributed by atoms with Gasteiger partial charge in [-0.25, -0.2) is 9.78 Å². The van der Waals surface area contributed by atoms with E-state index >= 15 is 0 Å². The van der Waals surface area contributed by atoms with E-state index in [-0.39, 0.29) is 22.7 Å². The van der Waals surface area contributed by atoms with Crippen LogP contribution in [-0.4, -0.2) is 39.8 Å². The fourth-order valence-corrected chi connectivity index (χ4v) is 3.79. The number of imide groups is 1. The Morgan fingerprint density at radius 1 is 1.33 bits per heavy atom. The van der Waals surface area contributed by atoms with Crippen molar-refractivity contribution in [2.75, 3.05) is 11.9 Å². The lowest BCUT2D eigenvalue weighted by atomic mass is 9.96. The van der Waals surface area contributed by atoms with Crippen LogP contribution in [0.2, 0.25) is 10.0 Å². The van der Waals surface area contributed by atoms with Crippen LogP contribution in [0.3, 0.4) is 0 Å². The molecule has 1 aromatic carbocycles. The minimum Gasteiger partial charge on any atom is -0.435 e. The lowest BCUT2D eigenvalue weighted by Crippen LogP contribution is -2.46. The zero-order chi connectivity index (χ0) is 21.5. The number of ether oxygens (including phenoxy) is 1. The zero-order valence-corrected chi connectivity index (χ0v) is 17.5. The van der Waals surface area contributed by atoms with Crippen LogP contribution in [0.5, 0.6) is 11.6 Å². The second kappa shape index (κ2) is 7.77. The maximum absolute atomic E-state index is 12.7. The van der Waals surface area contributed by atoms with E-state index in [0.29, 0.717) is 16.5 Å². The Morgan fingerprint density at radius 2 is 2.07 bits per heavy atom. The molecular weight excluding hydrogens is 431 g/mol. The van der Waals surface area contributed by atoms with Gasteiger partial charge < -0.3 is 15.4 Å². The molecule has 4 amide bonds. The first-order valence-corrected chi connectivity index (χ1v) is 10.1. The van der Waals surface area contributed by atoms with E-state index < -0.39 is 24.0 Å². The van der Waals surface area contributed by atoms with Gasteiger partial charge in [0.25, 0.3) is 5.91 Å². The Hall–Kier alpha value is -2.84. The average molecular weight is 449 g/mol. The first-order valence-electron chi connectivity index (χ1n) is 9.30. The van der Waals surface area contributed by atoms with Gasteiger partial charge in [0.2, 0.25) is 11.8 Å². The number of hydrogen-bond donors (Lipinski definition) is 2. The summed E-state index contributed by atoms with van der Waals surface area (Å²) in [5.74, 6) is -0.385. The lowest BCUT2D eigenvalue weighted by molar-refractivity contribution is -0.134. The molecule has 1 atom stereocenters. The van der Waals surface area contributed by atoms with Crippen LogP contribution in [0.25, 0.3) is 0 Å². The highest BCUT2D eigenvalue weighted by atomic mass is 35.5. The van der Waals surface area contributed by atoms with E-state index in [0.717, 1.165) is 17.7 Å². The molecule has 4 rings (SSSR count). The smallest absolute Gasteiger partial charge is 0.325 e. The first-order chi connectivity index (χ1) is 14.3. The van der Waals surface area contributed by atoms with Gasteiger partial charge in [-0.1, -0.05) is 35.3 Å². The third kappa shape index (κ3) is 3.93. The molecule has 10 heteroatoms. The molecule has 8 nitrogen and oxygen atoms in total. The number of para-hydroxylation sites is 2. The summed E-state index contributed by atoms with van der Waals surface area (Å²) in [4.78, 5) is 42.5. The second-order valence-electron chi connectivity index (χ2n) is 7.38. The number of nitrogens with zero attached hydrogens (tertiary/aromatic N) is 2. The standard InChI is InChI=1S/C20H18Cl2N4O4/c1-20(11-6-7-11)18(28)26(19(29)25-20)10-16(27)24-14-4-2-3-5-15(14)30-17-13(22)8-12(21)9-23-17/h2-5,8-9,11H,6-7,10H2,1H3,(H,24,27)(H,25,29). The van der Waals surface area contributed by atoms with Crippen LogP contribution in [0, 0.1) is 5.92 Å². The third-order valence-electron chi connectivity index (χ3n) is 5.14. The predicted molar refractivity (Wildman–Crippen MR) is 111 cm³/mol. The monoisotopic (exact) mass is 448 g/mol. The van der Waals surface area contributed by atoms with E-state index in [1.165, 1.54) is 12.3 Å². The Kier molecular flexibility index (Phi) is 5.29. The molecule has 0 spiro atoms. The fourth-order valence-electron chi connectivity index (χ4n) is 3.37. The van der Waals surface area contributed by atoms with Gasteiger partial charge in [0.1, 0.15) is 17.1 Å². The number of amides is 4. The van der Waals surface area contributed by atoms with Crippen molar-refractivity contribution in [2.45, 2.75) is 25.3 Å². The number of carbonyl (C=O) groups excluding carboxylic acids is 3. The molecule has 1 saturated heterocycles. The number of urea groups is 1. The van der Waals surface area contributed by atoms with Crippen molar-refractivity contribution in [3.8, 4) is 11.6 Å². The highest BCUT2D eigenvalue weighted by Gasteiger charge is 2.56. The molecule has 0 radical (unpaired) electrons. The third-order valence-corrected chi connectivity index (χ3v) is 5.62. The fraction of sp³-hybridized carbons (Fsp3) is 0.300. The Labute approximate surface area is 182 Å². The van der Waals surface area contributed by atoms with Gasteiger partial charge in [-0.3, -0.25) is 14.5 Å². The van der Waals surface area contributed by atoms with Crippen LogP contribution >= 0.6 is 23.2 Å². The van der Waals surface area contributed by atoms with Gasteiger partial charge >= 0.3 is 6.03 Å². The van der Waals surface area contributed by atoms with Crippen molar-refractivity contribution in [2.24, 2.45) is 5.92 Å². The van der Waals surface area contributed by atoms with Gasteiger partial charge in [-0.05, 0) is 43.9 Å². The van der Waals surface area contributed by atoms with Crippen molar-refractivity contribution in [3.05, 3.63) is 46.6 Å². The molecule has 2 aromatic rings. The van der Waals surface area contributed by atoms with Gasteiger partial charge in [0.15, 0.2) is 5.75 Å². The summed E-state index contributed by atoms with van der Waals surface area (Å²) in [6.45, 7) is 1.30. The molecule has 1 aliphatic heterocycles. The first kappa shape index (κ1) is 20.4. The van der Waals surface area contributed by atoms with Crippen LogP contribution in [0.4, 0.5) is 10.5 Å². The van der Waals surface area contributed by atoms with Crippen molar-refractivity contribution in [3.63, 3.8) is 0 Å². The zero-order valence-electron chi connectivity index (χ0n) is 15.9. The molecule has 1 unspecified atom stereocenters. The minimum atomic E-state index is -0.935. The number of nitrogens with one attached hydrogen (secondary N) is 2. The van der Waals surface area contributed by atoms with Crippen molar-refractivity contribution < 1.29 is 19.1 Å². The highest BCUT2D eigenvalue weighted by molar-refractivity contribution is 6.35. The number of rotatable bonds is 6. The van der Waals surface area contributed by atoms with Crippen LogP contribution in [0.15, 0.2) is 36.5 Å². The summed E-state index contributed by atoms with van der Waals surface area (Å²) in [5, 5.41) is 5.95. The molecule has 1 saturated carbocycles. The maximum atomic E-state index is 12.7. The lowest BCUT2D eigenvalue weighted by Gasteiger charge is -2.20. The minimum absolute atomic E-state index is 0.118. The van der Waals surface area contributed by atoms with Crippen LogP contribution in [-0.2, 0) is 9.59 Å². The normalized spacial score (nSPS) is 20.8. The van der Waals surface area contributed by atoms with E-state index in [9.17, 15) is 14.4 Å². The molecule has 2 heterocycles. The van der Waals surface area contributed by atoms with Gasteiger partial charge in [0.05, 0.1) is 10.7 Å². The molecule has 2 N–H and O–H groups in total. The molecule has 156 valence electrons. The highest BCUT2D eigenvalue weighted by Crippen LogP contribution is 2.42. The Balaban J connectivity index is 1.46. The number of carbonyl (C=O) groups is 3. The summed E-state index contributed by atoms with van der Waals surface area (Å²) >= 11 is 11.9.